The van der Waals surface area contributed by atoms with Gasteiger partial charge in [0.15, 0.2) is 16.4 Å². The van der Waals surface area contributed by atoms with Crippen LogP contribution in [-0.2, 0) is 4.79 Å². The Morgan fingerprint density at radius 2 is 2.00 bits per heavy atom. The fourth-order valence-electron chi connectivity index (χ4n) is 5.02. The van der Waals surface area contributed by atoms with Crippen LogP contribution in [0.4, 0.5) is 0 Å². The normalized spacial score (nSPS) is 40.8. The number of hydrogen-bond donors (Lipinski definition) is 1. The van der Waals surface area contributed by atoms with E-state index in [0.29, 0.717) is 6.42 Å². The van der Waals surface area contributed by atoms with Crippen LogP contribution >= 0.6 is 21.6 Å². The van der Waals surface area contributed by atoms with E-state index in [1.807, 2.05) is 34.9 Å². The van der Waals surface area contributed by atoms with E-state index in [2.05, 4.69) is 24.8 Å². The van der Waals surface area contributed by atoms with Gasteiger partial charge in [-0.25, -0.2) is 0 Å². The molecule has 5 aliphatic rings. The van der Waals surface area contributed by atoms with Crippen LogP contribution in [0.3, 0.4) is 0 Å². The lowest BCUT2D eigenvalue weighted by Crippen LogP contribution is -2.63. The van der Waals surface area contributed by atoms with Crippen molar-refractivity contribution in [1.82, 2.24) is 9.80 Å². The van der Waals surface area contributed by atoms with E-state index in [-0.39, 0.29) is 23.6 Å². The fraction of sp³-hybridized carbons (Fsp3) is 0.632. The van der Waals surface area contributed by atoms with Gasteiger partial charge in [0.2, 0.25) is 6.79 Å². The number of amides is 1. The molecule has 8 heteroatoms. The number of carbonyl (C=O) groups is 1. The van der Waals surface area contributed by atoms with Gasteiger partial charge in [0.25, 0.3) is 5.91 Å². The van der Waals surface area contributed by atoms with Crippen molar-refractivity contribution in [2.75, 3.05) is 20.4 Å². The molecule has 5 aliphatic heterocycles. The molecule has 5 heterocycles. The summed E-state index contributed by atoms with van der Waals surface area (Å²) in [5, 5.41) is 0. The summed E-state index contributed by atoms with van der Waals surface area (Å²) in [6, 6.07) is 6.02. The maximum absolute atomic E-state index is 13.6. The van der Waals surface area contributed by atoms with Crippen molar-refractivity contribution in [3.63, 3.8) is 0 Å². The third kappa shape index (κ3) is 2.39. The van der Waals surface area contributed by atoms with Gasteiger partial charge in [-0.05, 0) is 44.4 Å². The number of rotatable bonds is 1. The Labute approximate surface area is 167 Å². The maximum atomic E-state index is 13.6. The highest BCUT2D eigenvalue weighted by Crippen LogP contribution is 2.63. The van der Waals surface area contributed by atoms with Gasteiger partial charge < -0.3 is 20.1 Å². The van der Waals surface area contributed by atoms with Gasteiger partial charge in [-0.3, -0.25) is 9.69 Å². The lowest BCUT2D eigenvalue weighted by Gasteiger charge is -2.53. The second kappa shape index (κ2) is 5.72. The number of carbonyl (C=O) groups excluding carboxylic acids is 1. The Kier molecular flexibility index (Phi) is 3.81. The summed E-state index contributed by atoms with van der Waals surface area (Å²) in [6.07, 6.45) is 2.66. The molecule has 0 radical (unpaired) electrons. The SMILES string of the molecule is CN1C(=O)C23C[C@](C)(N)[C@H](c4ccc5c(c4)OCO5)N2CCC[C@@]1(C)SS3. The van der Waals surface area contributed by atoms with Crippen LogP contribution in [0.2, 0.25) is 0 Å². The molecule has 2 bridgehead atoms. The predicted molar refractivity (Wildman–Crippen MR) is 108 cm³/mol. The van der Waals surface area contributed by atoms with Gasteiger partial charge in [-0.2, -0.15) is 0 Å². The summed E-state index contributed by atoms with van der Waals surface area (Å²) in [4.78, 5) is 17.1. The Morgan fingerprint density at radius 3 is 2.81 bits per heavy atom. The fourth-order valence-corrected chi connectivity index (χ4v) is 8.85. The van der Waals surface area contributed by atoms with Gasteiger partial charge in [0.1, 0.15) is 0 Å². The summed E-state index contributed by atoms with van der Waals surface area (Å²) in [7, 11) is 5.49. The molecule has 2 N–H and O–H groups in total. The van der Waals surface area contributed by atoms with Crippen molar-refractivity contribution in [2.45, 2.75) is 54.4 Å². The molecule has 1 aromatic carbocycles. The molecule has 4 saturated heterocycles. The second-order valence-corrected chi connectivity index (χ2v) is 11.4. The largest absolute Gasteiger partial charge is 0.454 e. The minimum atomic E-state index is -0.607. The molecule has 4 fully saturated rings. The van der Waals surface area contributed by atoms with Crippen molar-refractivity contribution >= 4 is 27.5 Å². The van der Waals surface area contributed by atoms with E-state index in [4.69, 9.17) is 15.2 Å². The summed E-state index contributed by atoms with van der Waals surface area (Å²) < 4.78 is 11.1. The zero-order valence-corrected chi connectivity index (χ0v) is 17.5. The summed E-state index contributed by atoms with van der Waals surface area (Å²) >= 11 is 0. The van der Waals surface area contributed by atoms with E-state index in [0.717, 1.165) is 36.4 Å². The Balaban J connectivity index is 1.61. The summed E-state index contributed by atoms with van der Waals surface area (Å²) in [5.41, 5.74) is 7.45. The molecule has 1 spiro atoms. The van der Waals surface area contributed by atoms with E-state index in [1.54, 1.807) is 10.8 Å². The van der Waals surface area contributed by atoms with Crippen LogP contribution in [0.25, 0.3) is 0 Å². The van der Waals surface area contributed by atoms with Crippen molar-refractivity contribution in [3.05, 3.63) is 23.8 Å². The van der Waals surface area contributed by atoms with Gasteiger partial charge in [-0.1, -0.05) is 27.7 Å². The third-order valence-corrected chi connectivity index (χ3v) is 10.4. The van der Waals surface area contributed by atoms with Crippen molar-refractivity contribution < 1.29 is 14.3 Å². The molecule has 1 unspecified atom stereocenters. The molecule has 4 atom stereocenters. The molecule has 0 saturated carbocycles. The molecule has 6 nitrogen and oxygen atoms in total. The molecule has 27 heavy (non-hydrogen) atoms. The first-order valence-electron chi connectivity index (χ1n) is 9.37. The zero-order valence-electron chi connectivity index (χ0n) is 15.9. The molecular weight excluding hydrogens is 382 g/mol. The van der Waals surface area contributed by atoms with Crippen LogP contribution in [0.5, 0.6) is 11.5 Å². The predicted octanol–water partition coefficient (Wildman–Crippen LogP) is 2.94. The van der Waals surface area contributed by atoms with Crippen LogP contribution in [0.1, 0.15) is 44.7 Å². The molecule has 0 aliphatic carbocycles. The lowest BCUT2D eigenvalue weighted by atomic mass is 9.87. The molecule has 146 valence electrons. The highest BCUT2D eigenvalue weighted by Gasteiger charge is 2.66. The van der Waals surface area contributed by atoms with Crippen molar-refractivity contribution in [2.24, 2.45) is 5.73 Å². The molecule has 1 amide bonds. The standard InChI is InChI=1S/C19H25N3O3S2/c1-17(20)10-19-16(23)21(3)18(2,26-27-19)7-4-8-22(19)15(17)12-5-6-13-14(9-12)25-11-24-13/h5-6,9,15H,4,7-8,10-11,20H2,1-3H3/t15-,17-,18+,19?/m0/s1. The molecule has 6 rings (SSSR count). The lowest BCUT2D eigenvalue weighted by molar-refractivity contribution is -0.141. The smallest absolute Gasteiger partial charge is 0.255 e. The van der Waals surface area contributed by atoms with E-state index < -0.39 is 10.4 Å². The number of likely N-dealkylation sites (N-methyl/N-ethyl adjacent to an activating group) is 1. The number of benzene rings is 1. The number of nitrogens with zero attached hydrogens (tertiary/aromatic N) is 2. The maximum Gasteiger partial charge on any atom is 0.255 e. The molecular formula is C19H25N3O3S2. The number of ether oxygens (including phenoxy) is 2. The quantitative estimate of drug-likeness (QED) is 0.718. The van der Waals surface area contributed by atoms with Crippen LogP contribution < -0.4 is 15.2 Å². The number of fused-ring (bicyclic) bond motifs is 5. The highest BCUT2D eigenvalue weighted by atomic mass is 33.1. The molecule has 0 aromatic heterocycles. The van der Waals surface area contributed by atoms with Crippen molar-refractivity contribution in [3.8, 4) is 11.5 Å². The summed E-state index contributed by atoms with van der Waals surface area (Å²) in [6.45, 7) is 5.38. The number of hydrogen-bond acceptors (Lipinski definition) is 7. The Bertz CT molecular complexity index is 819. The number of nitrogens with two attached hydrogens (primary N) is 1. The van der Waals surface area contributed by atoms with Crippen LogP contribution in [0.15, 0.2) is 18.2 Å². The van der Waals surface area contributed by atoms with Crippen LogP contribution in [0, 0.1) is 0 Å². The summed E-state index contributed by atoms with van der Waals surface area (Å²) in [5.74, 6) is 1.72. The third-order valence-electron chi connectivity index (χ3n) is 6.48. The highest BCUT2D eigenvalue weighted by molar-refractivity contribution is 8.78. The second-order valence-electron chi connectivity index (χ2n) is 8.49. The van der Waals surface area contributed by atoms with Gasteiger partial charge >= 0.3 is 0 Å². The first-order chi connectivity index (χ1) is 12.8. The van der Waals surface area contributed by atoms with Crippen molar-refractivity contribution in [1.29, 1.82) is 0 Å². The topological polar surface area (TPSA) is 68.0 Å². The zero-order chi connectivity index (χ0) is 19.0. The minimum absolute atomic E-state index is 0.0418. The van der Waals surface area contributed by atoms with Gasteiger partial charge in [0.05, 0.1) is 10.9 Å². The Hall–Kier alpha value is -1.09. The minimum Gasteiger partial charge on any atom is -0.454 e. The first-order valence-corrected chi connectivity index (χ1v) is 11.5. The average molecular weight is 408 g/mol. The van der Waals surface area contributed by atoms with E-state index >= 15 is 0 Å². The first kappa shape index (κ1) is 18.0. The molecule has 1 aromatic rings. The Morgan fingerprint density at radius 1 is 1.22 bits per heavy atom. The average Bonchev–Trinajstić information content (AvgIpc) is 3.16. The van der Waals surface area contributed by atoms with E-state index in [9.17, 15) is 4.79 Å². The van der Waals surface area contributed by atoms with Gasteiger partial charge in [0, 0.05) is 25.6 Å². The van der Waals surface area contributed by atoms with Gasteiger partial charge in [-0.15, -0.1) is 0 Å². The monoisotopic (exact) mass is 407 g/mol. The van der Waals surface area contributed by atoms with Crippen LogP contribution in [-0.4, -0.2) is 51.4 Å². The van der Waals surface area contributed by atoms with E-state index in [1.165, 1.54) is 0 Å².